The van der Waals surface area contributed by atoms with Gasteiger partial charge in [0.25, 0.3) is 11.1 Å². The van der Waals surface area contributed by atoms with Crippen molar-refractivity contribution in [1.29, 1.82) is 0 Å². The summed E-state index contributed by atoms with van der Waals surface area (Å²) in [6, 6.07) is 0. The Bertz CT molecular complexity index is 1300. The van der Waals surface area contributed by atoms with Crippen LogP contribution in [0, 0.1) is 0 Å². The number of aromatic nitrogens is 4. The maximum atomic E-state index is 12.7. The Balaban J connectivity index is 1.50. The molecule has 2 aliphatic rings. The first-order chi connectivity index (χ1) is 18.4. The summed E-state index contributed by atoms with van der Waals surface area (Å²) in [6.45, 7) is 5.51. The predicted molar refractivity (Wildman–Crippen MR) is 160 cm³/mol. The summed E-state index contributed by atoms with van der Waals surface area (Å²) >= 11 is 5.53. The van der Waals surface area contributed by atoms with Gasteiger partial charge in [-0.15, -0.1) is 0 Å². The molecule has 4 rings (SSSR count). The van der Waals surface area contributed by atoms with Crippen LogP contribution in [0.3, 0.4) is 0 Å². The third-order valence-corrected chi connectivity index (χ3v) is 12.4. The molecule has 0 atom stereocenters. The molecule has 0 aromatic carbocycles. The van der Waals surface area contributed by atoms with E-state index in [4.69, 9.17) is 0 Å². The van der Waals surface area contributed by atoms with E-state index in [-0.39, 0.29) is 22.5 Å². The molecule has 0 fully saturated rings. The fourth-order valence-corrected chi connectivity index (χ4v) is 10.0. The minimum atomic E-state index is -0.374. The third-order valence-electron chi connectivity index (χ3n) is 6.63. The van der Waals surface area contributed by atoms with Gasteiger partial charge in [-0.05, 0) is 12.8 Å². The normalized spacial score (nSPS) is 16.3. The number of aromatic amines is 2. The van der Waals surface area contributed by atoms with Crippen LogP contribution < -0.4 is 22.5 Å². The Labute approximate surface area is 239 Å². The maximum Gasteiger partial charge on any atom is 0.329 e. The Morgan fingerprint density at radius 3 is 1.29 bits per heavy atom. The lowest BCUT2D eigenvalue weighted by Gasteiger charge is -2.09. The molecule has 0 aliphatic carbocycles. The highest BCUT2D eigenvalue weighted by Gasteiger charge is 2.33. The van der Waals surface area contributed by atoms with Crippen molar-refractivity contribution in [2.45, 2.75) is 124 Å². The quantitative estimate of drug-likeness (QED) is 0.192. The zero-order valence-electron chi connectivity index (χ0n) is 22.1. The predicted octanol–water partition coefficient (Wildman–Crippen LogP) is 6.33. The SMILES string of the molecule is CCCCCCCCn1c2c(c(=O)[nH]c1=O)S/C(=C1/Sc3c(n(CCCCCCCC)c(=O)[nH]c3=O)S1)S2. The minimum absolute atomic E-state index is 0.374. The van der Waals surface area contributed by atoms with Gasteiger partial charge in [-0.3, -0.25) is 28.7 Å². The topological polar surface area (TPSA) is 110 Å². The van der Waals surface area contributed by atoms with Gasteiger partial charge < -0.3 is 0 Å². The summed E-state index contributed by atoms with van der Waals surface area (Å²) in [4.78, 5) is 56.6. The molecule has 0 saturated carbocycles. The summed E-state index contributed by atoms with van der Waals surface area (Å²) in [5.41, 5.74) is -1.50. The lowest BCUT2D eigenvalue weighted by molar-refractivity contribution is 0.508. The molecule has 0 spiro atoms. The zero-order chi connectivity index (χ0) is 27.1. The van der Waals surface area contributed by atoms with Crippen LogP contribution in [0.15, 0.2) is 47.5 Å². The Morgan fingerprint density at radius 2 is 0.895 bits per heavy atom. The molecule has 2 N–H and O–H groups in total. The van der Waals surface area contributed by atoms with E-state index in [0.717, 1.165) is 47.0 Å². The van der Waals surface area contributed by atoms with Gasteiger partial charge in [0.05, 0.1) is 8.47 Å². The Kier molecular flexibility index (Phi) is 11.0. The van der Waals surface area contributed by atoms with Crippen molar-refractivity contribution in [3.8, 4) is 0 Å². The van der Waals surface area contributed by atoms with Crippen molar-refractivity contribution >= 4 is 47.0 Å². The van der Waals surface area contributed by atoms with Gasteiger partial charge in [-0.2, -0.15) is 0 Å². The monoisotopic (exact) mass is 596 g/mol. The Hall–Kier alpha value is -1.50. The Morgan fingerprint density at radius 1 is 0.526 bits per heavy atom. The zero-order valence-corrected chi connectivity index (χ0v) is 25.3. The highest BCUT2D eigenvalue weighted by atomic mass is 32.2. The first kappa shape index (κ1) is 29.5. The summed E-state index contributed by atoms with van der Waals surface area (Å²) in [5.74, 6) is 0. The van der Waals surface area contributed by atoms with Crippen molar-refractivity contribution in [2.75, 3.05) is 0 Å². The van der Waals surface area contributed by atoms with E-state index in [1.807, 2.05) is 0 Å². The first-order valence-electron chi connectivity index (χ1n) is 13.6. The van der Waals surface area contributed by atoms with E-state index in [2.05, 4.69) is 23.8 Å². The molecule has 4 heterocycles. The first-order valence-corrected chi connectivity index (χ1v) is 16.9. The molecule has 0 radical (unpaired) electrons. The van der Waals surface area contributed by atoms with E-state index < -0.39 is 0 Å². The van der Waals surface area contributed by atoms with Gasteiger partial charge in [0.1, 0.15) is 19.8 Å². The molecule has 38 heavy (non-hydrogen) atoms. The number of rotatable bonds is 14. The van der Waals surface area contributed by atoms with Gasteiger partial charge in [0.2, 0.25) is 0 Å². The van der Waals surface area contributed by atoms with Crippen molar-refractivity contribution in [3.05, 3.63) is 50.2 Å². The molecule has 12 heteroatoms. The highest BCUT2D eigenvalue weighted by molar-refractivity contribution is 8.30. The average molecular weight is 597 g/mol. The van der Waals surface area contributed by atoms with E-state index in [1.54, 1.807) is 9.13 Å². The molecule has 2 aromatic rings. The molecular formula is C26H36N4O4S4. The number of H-pyrrole nitrogens is 2. The molecular weight excluding hydrogens is 561 g/mol. The van der Waals surface area contributed by atoms with Crippen molar-refractivity contribution in [1.82, 2.24) is 19.1 Å². The molecule has 8 nitrogen and oxygen atoms in total. The van der Waals surface area contributed by atoms with Crippen LogP contribution >= 0.6 is 47.0 Å². The number of hydrogen-bond acceptors (Lipinski definition) is 8. The molecule has 0 amide bonds. The van der Waals surface area contributed by atoms with Gasteiger partial charge in [-0.25, -0.2) is 9.59 Å². The van der Waals surface area contributed by atoms with Crippen molar-refractivity contribution < 1.29 is 0 Å². The summed E-state index contributed by atoms with van der Waals surface area (Å²) in [7, 11) is 0. The molecule has 2 aromatic heterocycles. The second-order valence-electron chi connectivity index (χ2n) is 9.61. The third kappa shape index (κ3) is 6.98. The summed E-state index contributed by atoms with van der Waals surface area (Å²) in [6.07, 6.45) is 13.4. The van der Waals surface area contributed by atoms with E-state index >= 15 is 0 Å². The van der Waals surface area contributed by atoms with Crippen LogP contribution in [0.4, 0.5) is 0 Å². The number of nitrogens with zero attached hydrogens (tertiary/aromatic N) is 2. The number of fused-ring (bicyclic) bond motifs is 2. The highest BCUT2D eigenvalue weighted by Crippen LogP contribution is 2.59. The van der Waals surface area contributed by atoms with Crippen molar-refractivity contribution in [2.24, 2.45) is 0 Å². The number of nitrogens with one attached hydrogen (secondary N) is 2. The molecule has 0 bridgehead atoms. The van der Waals surface area contributed by atoms with E-state index in [1.165, 1.54) is 85.6 Å². The smallest absolute Gasteiger partial charge is 0.287 e. The fraction of sp³-hybridized carbons (Fsp3) is 0.615. The second kappa shape index (κ2) is 14.2. The molecule has 0 unspecified atom stereocenters. The summed E-state index contributed by atoms with van der Waals surface area (Å²) < 4.78 is 5.11. The fourth-order valence-electron chi connectivity index (χ4n) is 4.53. The van der Waals surface area contributed by atoms with Crippen LogP contribution in [-0.2, 0) is 13.1 Å². The van der Waals surface area contributed by atoms with Crippen LogP contribution in [0.25, 0.3) is 0 Å². The van der Waals surface area contributed by atoms with Gasteiger partial charge in [-0.1, -0.05) is 125 Å². The van der Waals surface area contributed by atoms with Gasteiger partial charge >= 0.3 is 11.4 Å². The van der Waals surface area contributed by atoms with E-state index in [9.17, 15) is 19.2 Å². The largest absolute Gasteiger partial charge is 0.329 e. The maximum absolute atomic E-state index is 12.7. The average Bonchev–Trinajstić information content (AvgIpc) is 3.53. The van der Waals surface area contributed by atoms with Gasteiger partial charge in [0, 0.05) is 13.1 Å². The van der Waals surface area contributed by atoms with Gasteiger partial charge in [0.15, 0.2) is 0 Å². The van der Waals surface area contributed by atoms with Crippen LogP contribution in [0.1, 0.15) is 90.9 Å². The second-order valence-corrected chi connectivity index (χ2v) is 14.2. The minimum Gasteiger partial charge on any atom is -0.287 e. The summed E-state index contributed by atoms with van der Waals surface area (Å²) in [5, 5.41) is 1.35. The molecule has 208 valence electrons. The number of unbranched alkanes of at least 4 members (excludes halogenated alkanes) is 10. The lowest BCUT2D eigenvalue weighted by atomic mass is 10.1. The van der Waals surface area contributed by atoms with Crippen LogP contribution in [0.2, 0.25) is 0 Å². The standard InChI is InChI=1S/C26H36N4O4S4/c1-3-5-7-9-11-13-15-29-21-17(19(31)27-25(29)33)35-23(37-21)24-36-18-20(32)28-26(34)30(22(18)38-24)16-14-12-10-8-6-4-2/h3-16H2,1-2H3,(H,27,31,33)(H,28,32,34)/b24-23+. The lowest BCUT2D eigenvalue weighted by Crippen LogP contribution is -2.31. The van der Waals surface area contributed by atoms with E-state index in [0.29, 0.717) is 32.9 Å². The van der Waals surface area contributed by atoms with Crippen LogP contribution in [-0.4, -0.2) is 19.1 Å². The van der Waals surface area contributed by atoms with Crippen LogP contribution in [0.5, 0.6) is 0 Å². The molecule has 2 aliphatic heterocycles. The van der Waals surface area contributed by atoms with Crippen molar-refractivity contribution in [3.63, 3.8) is 0 Å². The number of thioether (sulfide) groups is 4. The number of hydrogen-bond donors (Lipinski definition) is 2. The molecule has 0 saturated heterocycles.